The van der Waals surface area contributed by atoms with Gasteiger partial charge in [-0.05, 0) is 67.4 Å². The molecular formula is C32H30ClN5O7. The summed E-state index contributed by atoms with van der Waals surface area (Å²) in [5.41, 5.74) is 5.53. The maximum Gasteiger partial charge on any atom is 0.338 e. The number of halogens is 1. The minimum atomic E-state index is -0.789. The molecule has 1 aliphatic heterocycles. The molecule has 0 spiro atoms. The molecule has 0 unspecified atom stereocenters. The van der Waals surface area contributed by atoms with Gasteiger partial charge < -0.3 is 29.6 Å². The van der Waals surface area contributed by atoms with Crippen LogP contribution in [0.25, 0.3) is 0 Å². The van der Waals surface area contributed by atoms with E-state index in [1.54, 1.807) is 74.5 Å². The molecule has 232 valence electrons. The fourth-order valence-electron chi connectivity index (χ4n) is 4.34. The quantitative estimate of drug-likeness (QED) is 0.149. The van der Waals surface area contributed by atoms with Crippen molar-refractivity contribution < 1.29 is 33.3 Å². The number of nitrogens with one attached hydrogen (secondary N) is 3. The van der Waals surface area contributed by atoms with E-state index in [1.807, 2.05) is 0 Å². The molecule has 1 aliphatic rings. The van der Waals surface area contributed by atoms with Crippen LogP contribution in [0.1, 0.15) is 42.1 Å². The van der Waals surface area contributed by atoms with Gasteiger partial charge in [0.05, 0.1) is 43.2 Å². The maximum atomic E-state index is 12.6. The molecule has 45 heavy (non-hydrogen) atoms. The molecule has 4 rings (SSSR count). The van der Waals surface area contributed by atoms with Crippen LogP contribution in [-0.4, -0.2) is 44.4 Å². The maximum absolute atomic E-state index is 12.6. The number of ether oxygens (including phenoxy) is 4. The molecule has 0 aromatic heterocycles. The van der Waals surface area contributed by atoms with Crippen molar-refractivity contribution in [3.05, 3.63) is 99.2 Å². The van der Waals surface area contributed by atoms with E-state index in [2.05, 4.69) is 27.2 Å². The number of hydrogen-bond donors (Lipinski definition) is 3. The average Bonchev–Trinajstić information content (AvgIpc) is 3.03. The molecule has 0 radical (unpaired) electrons. The number of nitriles is 1. The average molecular weight is 632 g/mol. The van der Waals surface area contributed by atoms with Gasteiger partial charge >= 0.3 is 12.0 Å². The van der Waals surface area contributed by atoms with E-state index in [9.17, 15) is 14.4 Å². The predicted octanol–water partition coefficient (Wildman–Crippen LogP) is 4.52. The first kappa shape index (κ1) is 32.4. The molecular weight excluding hydrogens is 602 g/mol. The number of hydrogen-bond acceptors (Lipinski definition) is 9. The van der Waals surface area contributed by atoms with Gasteiger partial charge in [-0.2, -0.15) is 10.4 Å². The van der Waals surface area contributed by atoms with Gasteiger partial charge in [0.15, 0.2) is 18.1 Å². The lowest BCUT2D eigenvalue weighted by molar-refractivity contribution is -0.139. The van der Waals surface area contributed by atoms with Gasteiger partial charge in [0.1, 0.15) is 12.4 Å². The Morgan fingerprint density at radius 1 is 1.07 bits per heavy atom. The number of amides is 3. The molecule has 1 heterocycles. The Morgan fingerprint density at radius 2 is 1.82 bits per heavy atom. The summed E-state index contributed by atoms with van der Waals surface area (Å²) >= 11 is 6.15. The number of carbonyl (C=O) groups excluding carboxylic acids is 3. The first-order chi connectivity index (χ1) is 21.7. The Morgan fingerprint density at radius 3 is 2.53 bits per heavy atom. The molecule has 1 atom stereocenters. The summed E-state index contributed by atoms with van der Waals surface area (Å²) in [7, 11) is 1.43. The van der Waals surface area contributed by atoms with Crippen LogP contribution in [0.5, 0.6) is 17.2 Å². The third-order valence-electron chi connectivity index (χ3n) is 6.49. The lowest BCUT2D eigenvalue weighted by Gasteiger charge is -2.28. The highest BCUT2D eigenvalue weighted by atomic mass is 35.5. The van der Waals surface area contributed by atoms with Crippen LogP contribution in [0.3, 0.4) is 0 Å². The number of urea groups is 1. The second-order valence-electron chi connectivity index (χ2n) is 9.56. The van der Waals surface area contributed by atoms with E-state index in [4.69, 9.17) is 35.8 Å². The predicted molar refractivity (Wildman–Crippen MR) is 165 cm³/mol. The Kier molecular flexibility index (Phi) is 11.0. The smallest absolute Gasteiger partial charge is 0.338 e. The van der Waals surface area contributed by atoms with Crippen molar-refractivity contribution in [3.63, 3.8) is 0 Å². The summed E-state index contributed by atoms with van der Waals surface area (Å²) in [5, 5.41) is 18.7. The molecule has 0 bridgehead atoms. The van der Waals surface area contributed by atoms with Crippen molar-refractivity contribution in [2.24, 2.45) is 5.10 Å². The number of benzene rings is 3. The van der Waals surface area contributed by atoms with Crippen molar-refractivity contribution in [1.29, 1.82) is 5.26 Å². The molecule has 12 nitrogen and oxygen atoms in total. The molecule has 3 amide bonds. The number of allylic oxidation sites excluding steroid dienone is 1. The molecule has 13 heteroatoms. The van der Waals surface area contributed by atoms with Crippen molar-refractivity contribution in [2.75, 3.05) is 20.3 Å². The highest BCUT2D eigenvalue weighted by molar-refractivity contribution is 6.30. The lowest BCUT2D eigenvalue weighted by atomic mass is 9.95. The first-order valence-electron chi connectivity index (χ1n) is 13.7. The SMILES string of the molecule is CCOC(=O)C1=C(C)NC(=O)N[C@@H]1c1ccc(OCC(=O)N/N=C/c2cc(Cl)ccc2OCc2ccc(C#N)cc2)c(OC)c1. The van der Waals surface area contributed by atoms with E-state index in [1.165, 1.54) is 13.3 Å². The van der Waals surface area contributed by atoms with Gasteiger partial charge in [0.25, 0.3) is 5.91 Å². The van der Waals surface area contributed by atoms with Crippen LogP contribution < -0.4 is 30.3 Å². The summed E-state index contributed by atoms with van der Waals surface area (Å²) in [4.78, 5) is 37.3. The first-order valence-corrected chi connectivity index (χ1v) is 14.1. The fraction of sp³-hybridized carbons (Fsp3) is 0.219. The largest absolute Gasteiger partial charge is 0.493 e. The molecule has 0 aliphatic carbocycles. The second-order valence-corrected chi connectivity index (χ2v) is 10.00. The molecule has 3 N–H and O–H groups in total. The Labute approximate surface area is 264 Å². The van der Waals surface area contributed by atoms with Crippen LogP contribution in [-0.2, 0) is 20.9 Å². The van der Waals surface area contributed by atoms with Crippen LogP contribution in [0.15, 0.2) is 77.0 Å². The van der Waals surface area contributed by atoms with Gasteiger partial charge in [0.2, 0.25) is 0 Å². The van der Waals surface area contributed by atoms with Crippen molar-refractivity contribution in [1.82, 2.24) is 16.1 Å². The minimum absolute atomic E-state index is 0.173. The highest BCUT2D eigenvalue weighted by Gasteiger charge is 2.32. The van der Waals surface area contributed by atoms with Gasteiger partial charge in [0, 0.05) is 16.3 Å². The molecule has 3 aromatic rings. The van der Waals surface area contributed by atoms with E-state index in [0.717, 1.165) is 5.56 Å². The van der Waals surface area contributed by atoms with Gasteiger partial charge in [-0.3, -0.25) is 4.79 Å². The van der Waals surface area contributed by atoms with Gasteiger partial charge in [-0.15, -0.1) is 0 Å². The normalized spacial score (nSPS) is 14.2. The van der Waals surface area contributed by atoms with Crippen LogP contribution in [0.4, 0.5) is 4.79 Å². The third kappa shape index (κ3) is 8.52. The van der Waals surface area contributed by atoms with Crippen LogP contribution >= 0.6 is 11.6 Å². The summed E-state index contributed by atoms with van der Waals surface area (Å²) in [6.07, 6.45) is 1.40. The second kappa shape index (κ2) is 15.3. The lowest BCUT2D eigenvalue weighted by Crippen LogP contribution is -2.45. The number of carbonyl (C=O) groups is 3. The number of rotatable bonds is 12. The molecule has 0 saturated heterocycles. The van der Waals surface area contributed by atoms with Gasteiger partial charge in [-0.1, -0.05) is 29.8 Å². The zero-order valence-corrected chi connectivity index (χ0v) is 25.4. The van der Waals surface area contributed by atoms with Crippen LogP contribution in [0, 0.1) is 11.3 Å². The highest BCUT2D eigenvalue weighted by Crippen LogP contribution is 2.34. The molecule has 0 fully saturated rings. The fourth-order valence-corrected chi connectivity index (χ4v) is 4.52. The number of esters is 1. The summed E-state index contributed by atoms with van der Waals surface area (Å²) in [5.74, 6) is -0.0864. The molecule has 3 aromatic carbocycles. The van der Waals surface area contributed by atoms with E-state index < -0.39 is 23.9 Å². The van der Waals surface area contributed by atoms with Crippen molar-refractivity contribution >= 4 is 35.7 Å². The van der Waals surface area contributed by atoms with Crippen molar-refractivity contribution in [2.45, 2.75) is 26.5 Å². The standard InChI is InChI=1S/C32H30ClN5O7/c1-4-43-31(40)29-19(2)36-32(41)37-30(29)22-9-11-26(27(14-22)42-3)45-18-28(39)38-35-16-23-13-24(33)10-12-25(23)44-17-21-7-5-20(15-34)6-8-21/h5-14,16,30H,4,17-18H2,1-3H3,(H,38,39)(H2,36,37,41)/b35-16+/t30-/m1/s1. The summed E-state index contributed by atoms with van der Waals surface area (Å²) in [6.45, 7) is 3.34. The number of methoxy groups -OCH3 is 1. The van der Waals surface area contributed by atoms with Crippen LogP contribution in [0.2, 0.25) is 5.02 Å². The van der Waals surface area contributed by atoms with E-state index >= 15 is 0 Å². The minimum Gasteiger partial charge on any atom is -0.493 e. The third-order valence-corrected chi connectivity index (χ3v) is 6.72. The summed E-state index contributed by atoms with van der Waals surface area (Å²) in [6, 6.07) is 17.7. The summed E-state index contributed by atoms with van der Waals surface area (Å²) < 4.78 is 22.2. The van der Waals surface area contributed by atoms with Gasteiger partial charge in [-0.25, -0.2) is 15.0 Å². The van der Waals surface area contributed by atoms with Crippen molar-refractivity contribution in [3.8, 4) is 23.3 Å². The zero-order chi connectivity index (χ0) is 32.3. The Balaban J connectivity index is 1.38. The molecule has 0 saturated carbocycles. The Hall–Kier alpha value is -5.54. The monoisotopic (exact) mass is 631 g/mol. The number of nitrogens with zero attached hydrogens (tertiary/aromatic N) is 2. The zero-order valence-electron chi connectivity index (χ0n) is 24.7. The number of hydrazone groups is 1. The van der Waals surface area contributed by atoms with E-state index in [0.29, 0.717) is 33.2 Å². The Bertz CT molecular complexity index is 1680. The topological polar surface area (TPSA) is 160 Å². The van der Waals surface area contributed by atoms with E-state index in [-0.39, 0.29) is 36.9 Å².